The molecule has 1 aromatic heterocycles. The minimum absolute atomic E-state index is 0.619. The van der Waals surface area contributed by atoms with Crippen molar-refractivity contribution in [2.75, 3.05) is 0 Å². The number of fused-ring (bicyclic) bond motifs is 23. The molecule has 0 radical (unpaired) electrons. The molecule has 15 aromatic rings. The molecule has 3 nitrogen and oxygen atoms in total. The van der Waals surface area contributed by atoms with Gasteiger partial charge in [-0.25, -0.2) is 0 Å². The molecule has 19 rings (SSSR count). The van der Waals surface area contributed by atoms with Crippen molar-refractivity contribution in [3.63, 3.8) is 0 Å². The van der Waals surface area contributed by atoms with Gasteiger partial charge in [-0.3, -0.25) is 0 Å². The Morgan fingerprint density at radius 2 is 0.588 bits per heavy atom. The molecule has 0 saturated carbocycles. The van der Waals surface area contributed by atoms with Gasteiger partial charge in [-0.15, -0.1) is 0 Å². The van der Waals surface area contributed by atoms with Crippen molar-refractivity contribution in [1.82, 2.24) is 4.57 Å². The highest BCUT2D eigenvalue weighted by Gasteiger charge is 2.53. The molecule has 394 valence electrons. The molecule has 0 N–H and O–H groups in total. The summed E-state index contributed by atoms with van der Waals surface area (Å²) in [5.74, 6) is 3.47. The monoisotopic (exact) mass is 1080 g/mol. The largest absolute Gasteiger partial charge is 0.456 e. The van der Waals surface area contributed by atoms with Crippen LogP contribution in [0, 0.1) is 0 Å². The van der Waals surface area contributed by atoms with Crippen LogP contribution in [0.5, 0.6) is 23.0 Å². The van der Waals surface area contributed by atoms with Gasteiger partial charge in [-0.05, 0) is 119 Å². The van der Waals surface area contributed by atoms with Crippen LogP contribution in [0.4, 0.5) is 0 Å². The summed E-state index contributed by atoms with van der Waals surface area (Å²) >= 11 is 0. The summed E-state index contributed by atoms with van der Waals surface area (Å²) in [6.45, 7) is 0. The van der Waals surface area contributed by atoms with Crippen LogP contribution < -0.4 is 9.47 Å². The Balaban J connectivity index is 0.937. The fourth-order valence-electron chi connectivity index (χ4n) is 16.2. The lowest BCUT2D eigenvalue weighted by Gasteiger charge is -2.40. The molecule has 3 heterocycles. The average Bonchev–Trinajstić information content (AvgIpc) is 1.70. The summed E-state index contributed by atoms with van der Waals surface area (Å²) in [5, 5.41) is 6.97. The standard InChI is InChI=1S/C82H49NO2/c1-2-23-50(24-3-1)83-74-46-15-8-29-57(74)60-34-20-37-63(78(60)83)77-58-32-18-30-51(61-35-21-44-72-79(61)84-75-47-16-13-42-70(75)81(72)66-38-9-4-25-53(66)54-26-5-10-39-67(54)81)64(58)49-65-52(31-19-33-59(65)77)62-36-22-45-73-80(62)85-76-48-17-14-43-71(76)82(73)68-40-11-6-27-55(68)56-28-7-12-41-69(56)82/h1-49H. The minimum Gasteiger partial charge on any atom is -0.456 e. The molecule has 2 aliphatic heterocycles. The highest BCUT2D eigenvalue weighted by Crippen LogP contribution is 2.66. The lowest BCUT2D eigenvalue weighted by atomic mass is 9.65. The van der Waals surface area contributed by atoms with Crippen LogP contribution in [0.1, 0.15) is 44.5 Å². The molecule has 85 heavy (non-hydrogen) atoms. The van der Waals surface area contributed by atoms with E-state index < -0.39 is 10.8 Å². The average molecular weight is 1080 g/mol. The number of rotatable bonds is 4. The fraction of sp³-hybridized carbons (Fsp3) is 0.0244. The molecule has 0 amide bonds. The van der Waals surface area contributed by atoms with Crippen molar-refractivity contribution in [3.05, 3.63) is 342 Å². The molecule has 0 saturated heterocycles. The number of nitrogens with zero attached hydrogens (tertiary/aromatic N) is 1. The lowest BCUT2D eigenvalue weighted by Crippen LogP contribution is -2.32. The minimum atomic E-state index is -0.619. The van der Waals surface area contributed by atoms with E-state index in [1.807, 2.05) is 0 Å². The van der Waals surface area contributed by atoms with E-state index in [-0.39, 0.29) is 0 Å². The number of benzene rings is 14. The van der Waals surface area contributed by atoms with E-state index in [0.717, 1.165) is 111 Å². The zero-order valence-electron chi connectivity index (χ0n) is 46.1. The van der Waals surface area contributed by atoms with Crippen molar-refractivity contribution in [2.45, 2.75) is 10.8 Å². The Labute approximate surface area is 491 Å². The smallest absolute Gasteiger partial charge is 0.140 e. The van der Waals surface area contributed by atoms with E-state index in [2.05, 4.69) is 302 Å². The van der Waals surface area contributed by atoms with Gasteiger partial charge in [0.1, 0.15) is 23.0 Å². The van der Waals surface area contributed by atoms with E-state index >= 15 is 0 Å². The van der Waals surface area contributed by atoms with Crippen LogP contribution in [-0.2, 0) is 10.8 Å². The van der Waals surface area contributed by atoms with E-state index in [1.165, 1.54) is 60.8 Å². The van der Waals surface area contributed by atoms with Gasteiger partial charge in [-0.1, -0.05) is 261 Å². The Bertz CT molecular complexity index is 5050. The zero-order valence-corrected chi connectivity index (χ0v) is 46.1. The third-order valence-electron chi connectivity index (χ3n) is 19.3. The summed E-state index contributed by atoms with van der Waals surface area (Å²) in [7, 11) is 0. The number of ether oxygens (including phenoxy) is 2. The molecule has 3 heteroatoms. The molecule has 0 fully saturated rings. The maximum Gasteiger partial charge on any atom is 0.140 e. The van der Waals surface area contributed by atoms with Crippen LogP contribution in [0.25, 0.3) is 105 Å². The molecule has 0 atom stereocenters. The normalized spacial score (nSPS) is 14.0. The molecular weight excluding hydrogens is 1030 g/mol. The first-order valence-electron chi connectivity index (χ1n) is 29.5. The second-order valence-corrected chi connectivity index (χ2v) is 23.2. The van der Waals surface area contributed by atoms with Crippen LogP contribution >= 0.6 is 0 Å². The maximum absolute atomic E-state index is 7.45. The fourth-order valence-corrected chi connectivity index (χ4v) is 16.2. The van der Waals surface area contributed by atoms with Crippen LogP contribution in [0.2, 0.25) is 0 Å². The van der Waals surface area contributed by atoms with Crippen LogP contribution in [-0.4, -0.2) is 4.57 Å². The second kappa shape index (κ2) is 17.3. The summed E-state index contributed by atoms with van der Waals surface area (Å²) in [5.41, 5.74) is 23.4. The molecule has 4 aliphatic rings. The Morgan fingerprint density at radius 3 is 1.09 bits per heavy atom. The molecule has 2 aliphatic carbocycles. The lowest BCUT2D eigenvalue weighted by molar-refractivity contribution is 0.438. The van der Waals surface area contributed by atoms with E-state index in [0.29, 0.717) is 0 Å². The molecular formula is C82H49NO2. The Morgan fingerprint density at radius 1 is 0.235 bits per heavy atom. The summed E-state index contributed by atoms with van der Waals surface area (Å²) in [6.07, 6.45) is 0. The van der Waals surface area contributed by atoms with Crippen LogP contribution in [0.15, 0.2) is 297 Å². The third-order valence-corrected chi connectivity index (χ3v) is 19.3. The summed E-state index contributed by atoms with van der Waals surface area (Å²) in [6, 6.07) is 110. The van der Waals surface area contributed by atoms with Crippen molar-refractivity contribution in [1.29, 1.82) is 0 Å². The Hall–Kier alpha value is -11.0. The van der Waals surface area contributed by atoms with Gasteiger partial charge in [0.2, 0.25) is 0 Å². The van der Waals surface area contributed by atoms with E-state index in [1.54, 1.807) is 0 Å². The molecule has 2 spiro atoms. The Kier molecular flexibility index (Phi) is 9.47. The maximum atomic E-state index is 7.45. The van der Waals surface area contributed by atoms with Gasteiger partial charge in [0, 0.05) is 55.4 Å². The third kappa shape index (κ3) is 5.98. The van der Waals surface area contributed by atoms with Crippen LogP contribution in [0.3, 0.4) is 0 Å². The molecule has 0 bridgehead atoms. The predicted molar refractivity (Wildman–Crippen MR) is 347 cm³/mol. The second-order valence-electron chi connectivity index (χ2n) is 23.2. The first-order chi connectivity index (χ1) is 42.2. The van der Waals surface area contributed by atoms with Crippen molar-refractivity contribution in [2.24, 2.45) is 0 Å². The topological polar surface area (TPSA) is 23.4 Å². The predicted octanol–water partition coefficient (Wildman–Crippen LogP) is 21.0. The summed E-state index contributed by atoms with van der Waals surface area (Å²) in [4.78, 5) is 0. The highest BCUT2D eigenvalue weighted by atomic mass is 16.5. The van der Waals surface area contributed by atoms with Gasteiger partial charge in [0.05, 0.1) is 21.9 Å². The van der Waals surface area contributed by atoms with Gasteiger partial charge in [0.15, 0.2) is 0 Å². The quantitative estimate of drug-likeness (QED) is 0.164. The zero-order chi connectivity index (χ0) is 55.5. The van der Waals surface area contributed by atoms with Gasteiger partial charge < -0.3 is 14.0 Å². The number of hydrogen-bond donors (Lipinski definition) is 0. The van der Waals surface area contributed by atoms with Crippen molar-refractivity contribution < 1.29 is 9.47 Å². The van der Waals surface area contributed by atoms with Gasteiger partial charge in [0.25, 0.3) is 0 Å². The number of hydrogen-bond acceptors (Lipinski definition) is 2. The van der Waals surface area contributed by atoms with E-state index in [9.17, 15) is 0 Å². The van der Waals surface area contributed by atoms with Crippen molar-refractivity contribution in [3.8, 4) is 84.3 Å². The summed E-state index contributed by atoms with van der Waals surface area (Å²) < 4.78 is 17.4. The van der Waals surface area contributed by atoms with Crippen molar-refractivity contribution >= 4 is 43.4 Å². The molecule has 0 unspecified atom stereocenters. The SMILES string of the molecule is c1ccc(-n2c3ccccc3c3cccc(-c4c5cccc(-c6cccc7c6Oc6ccccc6C76c7ccccc7-c7ccccc76)c5cc5c(-c6cccc7c6Oc6ccccc6C76c7ccccc7-c7ccccc76)cccc45)c32)cc1. The molecule has 14 aromatic carbocycles. The first kappa shape index (κ1) is 46.6. The number of para-hydroxylation sites is 7. The highest BCUT2D eigenvalue weighted by molar-refractivity contribution is 6.24. The first-order valence-corrected chi connectivity index (χ1v) is 29.5. The van der Waals surface area contributed by atoms with Gasteiger partial charge in [-0.2, -0.15) is 0 Å². The van der Waals surface area contributed by atoms with E-state index in [4.69, 9.17) is 9.47 Å². The van der Waals surface area contributed by atoms with Gasteiger partial charge >= 0.3 is 0 Å². The number of aromatic nitrogens is 1.